The van der Waals surface area contributed by atoms with Gasteiger partial charge in [-0.3, -0.25) is 4.79 Å². The van der Waals surface area contributed by atoms with Gasteiger partial charge in [0.2, 0.25) is 0 Å². The van der Waals surface area contributed by atoms with Gasteiger partial charge in [-0.2, -0.15) is 13.2 Å². The van der Waals surface area contributed by atoms with E-state index in [2.05, 4.69) is 21.2 Å². The lowest BCUT2D eigenvalue weighted by Gasteiger charge is -2.26. The van der Waals surface area contributed by atoms with Gasteiger partial charge in [0.05, 0.1) is 0 Å². The normalized spacial score (nSPS) is 15.1. The molecule has 0 bridgehead atoms. The van der Waals surface area contributed by atoms with Gasteiger partial charge in [-0.1, -0.05) is 22.0 Å². The van der Waals surface area contributed by atoms with E-state index >= 15 is 0 Å². The molecule has 100 valence electrons. The molecule has 0 spiro atoms. The van der Waals surface area contributed by atoms with Crippen LogP contribution in [0.1, 0.15) is 12.5 Å². The highest BCUT2D eigenvalue weighted by Crippen LogP contribution is 2.30. The maximum absolute atomic E-state index is 12.6. The van der Waals surface area contributed by atoms with Gasteiger partial charge in [0.1, 0.15) is 0 Å². The Morgan fingerprint density at radius 2 is 1.94 bits per heavy atom. The molecule has 0 saturated carbocycles. The van der Waals surface area contributed by atoms with Crippen LogP contribution in [-0.4, -0.2) is 17.6 Å². The molecule has 1 amide bonds. The molecule has 18 heavy (non-hydrogen) atoms. The first-order valence-electron chi connectivity index (χ1n) is 4.99. The average molecular weight is 325 g/mol. The van der Waals surface area contributed by atoms with Crippen molar-refractivity contribution in [3.8, 4) is 0 Å². The highest BCUT2D eigenvalue weighted by molar-refractivity contribution is 9.10. The molecule has 1 aromatic carbocycles. The molecule has 1 atom stereocenters. The van der Waals surface area contributed by atoms with Crippen molar-refractivity contribution < 1.29 is 18.0 Å². The number of benzene rings is 1. The van der Waals surface area contributed by atoms with E-state index in [1.54, 1.807) is 19.1 Å². The number of hydrogen-bond donors (Lipinski definition) is 2. The Hall–Kier alpha value is -1.08. The van der Waals surface area contributed by atoms with Crippen LogP contribution in [-0.2, 0) is 4.79 Å². The van der Waals surface area contributed by atoms with Crippen molar-refractivity contribution in [3.05, 3.63) is 28.2 Å². The lowest BCUT2D eigenvalue weighted by Crippen LogP contribution is -2.59. The Balaban J connectivity index is 2.99. The molecule has 0 aromatic heterocycles. The van der Waals surface area contributed by atoms with E-state index < -0.39 is 17.6 Å². The standard InChI is InChI=1S/C11H12BrF3N2O/c1-6-7(12)4-3-5-8(6)17-9(18)10(2,16)11(13,14)15/h3-5H,16H2,1-2H3,(H,17,18). The maximum Gasteiger partial charge on any atom is 0.415 e. The molecule has 0 aliphatic rings. The van der Waals surface area contributed by atoms with Crippen LogP contribution in [0.2, 0.25) is 0 Å². The Morgan fingerprint density at radius 1 is 1.39 bits per heavy atom. The van der Waals surface area contributed by atoms with E-state index in [1.165, 1.54) is 6.07 Å². The summed E-state index contributed by atoms with van der Waals surface area (Å²) in [5, 5.41) is 2.18. The van der Waals surface area contributed by atoms with Crippen LogP contribution in [0.5, 0.6) is 0 Å². The van der Waals surface area contributed by atoms with Crippen LogP contribution in [0.15, 0.2) is 22.7 Å². The van der Waals surface area contributed by atoms with Crippen LogP contribution in [0.3, 0.4) is 0 Å². The van der Waals surface area contributed by atoms with E-state index in [1.807, 2.05) is 0 Å². The molecular weight excluding hydrogens is 313 g/mol. The third-order valence-electron chi connectivity index (χ3n) is 2.58. The van der Waals surface area contributed by atoms with Crippen molar-refractivity contribution in [2.24, 2.45) is 5.73 Å². The summed E-state index contributed by atoms with van der Waals surface area (Å²) in [4.78, 5) is 11.6. The smallest absolute Gasteiger partial charge is 0.324 e. The van der Waals surface area contributed by atoms with Crippen molar-refractivity contribution in [2.75, 3.05) is 5.32 Å². The van der Waals surface area contributed by atoms with Crippen LogP contribution in [0, 0.1) is 6.92 Å². The summed E-state index contributed by atoms with van der Waals surface area (Å²) in [6.07, 6.45) is -4.81. The van der Waals surface area contributed by atoms with Gasteiger partial charge in [0, 0.05) is 10.2 Å². The number of amides is 1. The average Bonchev–Trinajstić information content (AvgIpc) is 2.23. The molecule has 0 radical (unpaired) electrons. The van der Waals surface area contributed by atoms with E-state index in [4.69, 9.17) is 5.73 Å². The van der Waals surface area contributed by atoms with Crippen molar-refractivity contribution in [1.82, 2.24) is 0 Å². The number of anilines is 1. The van der Waals surface area contributed by atoms with Crippen LogP contribution in [0.25, 0.3) is 0 Å². The van der Waals surface area contributed by atoms with Gasteiger partial charge in [0.15, 0.2) is 5.54 Å². The summed E-state index contributed by atoms with van der Waals surface area (Å²) in [5.74, 6) is -1.30. The number of halogens is 4. The molecule has 1 rings (SSSR count). The predicted octanol–water partition coefficient (Wildman–Crippen LogP) is 2.98. The number of nitrogens with one attached hydrogen (secondary N) is 1. The molecular formula is C11H12BrF3N2O. The Morgan fingerprint density at radius 3 is 2.44 bits per heavy atom. The second-order valence-corrected chi connectivity index (χ2v) is 4.92. The zero-order valence-electron chi connectivity index (χ0n) is 9.73. The quantitative estimate of drug-likeness (QED) is 0.878. The monoisotopic (exact) mass is 324 g/mol. The molecule has 0 aliphatic heterocycles. The fourth-order valence-electron chi connectivity index (χ4n) is 1.12. The number of hydrogen-bond acceptors (Lipinski definition) is 2. The number of carbonyl (C=O) groups is 1. The van der Waals surface area contributed by atoms with Crippen molar-refractivity contribution in [1.29, 1.82) is 0 Å². The number of nitrogens with two attached hydrogens (primary N) is 1. The maximum atomic E-state index is 12.6. The van der Waals surface area contributed by atoms with Gasteiger partial charge < -0.3 is 11.1 Å². The second kappa shape index (κ2) is 4.89. The van der Waals surface area contributed by atoms with E-state index in [0.717, 1.165) is 0 Å². The zero-order valence-corrected chi connectivity index (χ0v) is 11.3. The highest BCUT2D eigenvalue weighted by atomic mass is 79.9. The topological polar surface area (TPSA) is 55.1 Å². The Kier molecular flexibility index (Phi) is 4.07. The summed E-state index contributed by atoms with van der Waals surface area (Å²) in [7, 11) is 0. The van der Waals surface area contributed by atoms with Gasteiger partial charge in [-0.15, -0.1) is 0 Å². The summed E-state index contributed by atoms with van der Waals surface area (Å²) >= 11 is 3.22. The third-order valence-corrected chi connectivity index (χ3v) is 3.44. The second-order valence-electron chi connectivity index (χ2n) is 4.07. The molecule has 1 aromatic rings. The van der Waals surface area contributed by atoms with Crippen LogP contribution < -0.4 is 11.1 Å². The van der Waals surface area contributed by atoms with Crippen molar-refractivity contribution in [3.63, 3.8) is 0 Å². The fraction of sp³-hybridized carbons (Fsp3) is 0.364. The van der Waals surface area contributed by atoms with E-state index in [9.17, 15) is 18.0 Å². The summed E-state index contributed by atoms with van der Waals surface area (Å²) in [6.45, 7) is 2.30. The first-order chi connectivity index (χ1) is 8.07. The lowest BCUT2D eigenvalue weighted by atomic mass is 10.0. The minimum Gasteiger partial charge on any atom is -0.324 e. The highest BCUT2D eigenvalue weighted by Gasteiger charge is 2.54. The Labute approximate surface area is 111 Å². The van der Waals surface area contributed by atoms with E-state index in [0.29, 0.717) is 17.0 Å². The zero-order chi connectivity index (χ0) is 14.1. The van der Waals surface area contributed by atoms with Crippen molar-refractivity contribution in [2.45, 2.75) is 25.6 Å². The van der Waals surface area contributed by atoms with Gasteiger partial charge >= 0.3 is 6.18 Å². The summed E-state index contributed by atoms with van der Waals surface area (Å²) in [5.41, 5.74) is 3.01. The van der Waals surface area contributed by atoms with Crippen LogP contribution >= 0.6 is 15.9 Å². The van der Waals surface area contributed by atoms with Gasteiger partial charge in [0.25, 0.3) is 5.91 Å². The molecule has 0 heterocycles. The fourth-order valence-corrected chi connectivity index (χ4v) is 1.49. The Bertz CT molecular complexity index is 472. The first-order valence-corrected chi connectivity index (χ1v) is 5.79. The molecule has 7 heteroatoms. The lowest BCUT2D eigenvalue weighted by molar-refractivity contribution is -0.184. The number of carbonyl (C=O) groups excluding carboxylic acids is 1. The molecule has 0 saturated heterocycles. The molecule has 3 N–H and O–H groups in total. The molecule has 0 aliphatic carbocycles. The minimum atomic E-state index is -4.81. The predicted molar refractivity (Wildman–Crippen MR) is 66.2 cm³/mol. The van der Waals surface area contributed by atoms with E-state index in [-0.39, 0.29) is 5.69 Å². The molecule has 1 unspecified atom stereocenters. The summed E-state index contributed by atoms with van der Waals surface area (Å²) < 4.78 is 38.4. The largest absolute Gasteiger partial charge is 0.415 e. The molecule has 0 fully saturated rings. The number of alkyl halides is 3. The third kappa shape index (κ3) is 2.84. The van der Waals surface area contributed by atoms with Gasteiger partial charge in [-0.05, 0) is 31.5 Å². The number of rotatable bonds is 2. The van der Waals surface area contributed by atoms with Gasteiger partial charge in [-0.25, -0.2) is 0 Å². The minimum absolute atomic E-state index is 0.287. The SMILES string of the molecule is Cc1c(Br)cccc1NC(=O)C(C)(N)C(F)(F)F. The van der Waals surface area contributed by atoms with Crippen LogP contribution in [0.4, 0.5) is 18.9 Å². The van der Waals surface area contributed by atoms with Crippen molar-refractivity contribution >= 4 is 27.5 Å². The first kappa shape index (κ1) is 15.0. The summed E-state index contributed by atoms with van der Waals surface area (Å²) in [6, 6.07) is 4.83. The molecule has 3 nitrogen and oxygen atoms in total.